The van der Waals surface area contributed by atoms with Crippen molar-refractivity contribution in [2.45, 2.75) is 38.6 Å². The van der Waals surface area contributed by atoms with Gasteiger partial charge in [0.05, 0.1) is 10.6 Å². The van der Waals surface area contributed by atoms with Crippen molar-refractivity contribution in [1.82, 2.24) is 9.97 Å². The van der Waals surface area contributed by atoms with Crippen molar-refractivity contribution < 1.29 is 0 Å². The second kappa shape index (κ2) is 4.30. The molecule has 98 valence electrons. The van der Waals surface area contributed by atoms with Crippen molar-refractivity contribution in [2.24, 2.45) is 0 Å². The zero-order valence-electron chi connectivity index (χ0n) is 11.1. The highest BCUT2D eigenvalue weighted by Gasteiger charge is 2.29. The van der Waals surface area contributed by atoms with E-state index in [4.69, 9.17) is 9.97 Å². The molecule has 1 atom stereocenters. The molecule has 0 bridgehead atoms. The zero-order chi connectivity index (χ0) is 12.8. The van der Waals surface area contributed by atoms with Crippen LogP contribution in [0.3, 0.4) is 0 Å². The molecule has 0 unspecified atom stereocenters. The Morgan fingerprint density at radius 2 is 2.26 bits per heavy atom. The van der Waals surface area contributed by atoms with E-state index in [1.807, 2.05) is 0 Å². The highest BCUT2D eigenvalue weighted by molar-refractivity contribution is 7.13. The first-order valence-electron chi connectivity index (χ1n) is 7.03. The number of aryl methyl sites for hydroxylation is 1. The van der Waals surface area contributed by atoms with Crippen LogP contribution in [0, 0.1) is 0 Å². The van der Waals surface area contributed by atoms with Gasteiger partial charge >= 0.3 is 0 Å². The SMILES string of the molecule is C[C@H]1CCN1c1nc2c(c(-c3cccs3)n1)CCC2. The maximum atomic E-state index is 4.88. The molecule has 0 saturated carbocycles. The molecule has 0 aromatic carbocycles. The van der Waals surface area contributed by atoms with Crippen molar-refractivity contribution in [3.05, 3.63) is 28.8 Å². The molecule has 19 heavy (non-hydrogen) atoms. The van der Waals surface area contributed by atoms with Crippen molar-refractivity contribution >= 4 is 17.3 Å². The van der Waals surface area contributed by atoms with Crippen LogP contribution >= 0.6 is 11.3 Å². The van der Waals surface area contributed by atoms with Crippen LogP contribution in [0.15, 0.2) is 17.5 Å². The Labute approximate surface area is 117 Å². The summed E-state index contributed by atoms with van der Waals surface area (Å²) in [6.45, 7) is 3.36. The Hall–Kier alpha value is -1.42. The molecule has 0 N–H and O–H groups in total. The summed E-state index contributed by atoms with van der Waals surface area (Å²) in [6.07, 6.45) is 4.74. The fraction of sp³-hybridized carbons (Fsp3) is 0.467. The van der Waals surface area contributed by atoms with Crippen LogP contribution in [-0.2, 0) is 12.8 Å². The van der Waals surface area contributed by atoms with Gasteiger partial charge in [0.1, 0.15) is 0 Å². The van der Waals surface area contributed by atoms with Crippen LogP contribution in [0.5, 0.6) is 0 Å². The van der Waals surface area contributed by atoms with Crippen LogP contribution in [0.1, 0.15) is 31.0 Å². The summed E-state index contributed by atoms with van der Waals surface area (Å²) in [5.41, 5.74) is 3.86. The molecule has 1 saturated heterocycles. The van der Waals surface area contributed by atoms with E-state index >= 15 is 0 Å². The van der Waals surface area contributed by atoms with Crippen molar-refractivity contribution in [3.8, 4) is 10.6 Å². The molecule has 3 nitrogen and oxygen atoms in total. The van der Waals surface area contributed by atoms with Crippen LogP contribution < -0.4 is 4.90 Å². The molecule has 4 heteroatoms. The number of rotatable bonds is 2. The Bertz CT molecular complexity index is 606. The standard InChI is InChI=1S/C15H17N3S/c1-10-7-8-18(10)15-16-12-5-2-4-11(12)14(17-15)13-6-3-9-19-13/h3,6,9-10H,2,4-5,7-8H2,1H3/t10-/m0/s1. The Balaban J connectivity index is 1.85. The molecular weight excluding hydrogens is 254 g/mol. The number of nitrogens with zero attached hydrogens (tertiary/aromatic N) is 3. The third-order valence-electron chi connectivity index (χ3n) is 4.25. The summed E-state index contributed by atoms with van der Waals surface area (Å²) < 4.78 is 0. The molecule has 4 rings (SSSR count). The first-order chi connectivity index (χ1) is 9.33. The average Bonchev–Trinajstić information content (AvgIpc) is 3.06. The molecule has 3 heterocycles. The number of anilines is 1. The van der Waals surface area contributed by atoms with Gasteiger partial charge in [0.2, 0.25) is 5.95 Å². The Morgan fingerprint density at radius 1 is 1.32 bits per heavy atom. The number of hydrogen-bond acceptors (Lipinski definition) is 4. The minimum atomic E-state index is 0.593. The van der Waals surface area contributed by atoms with E-state index in [1.54, 1.807) is 11.3 Å². The maximum absolute atomic E-state index is 4.88. The van der Waals surface area contributed by atoms with Gasteiger partial charge in [0.25, 0.3) is 0 Å². The lowest BCUT2D eigenvalue weighted by molar-refractivity contribution is 0.470. The van der Waals surface area contributed by atoms with E-state index < -0.39 is 0 Å². The summed E-state index contributed by atoms with van der Waals surface area (Å²) >= 11 is 1.78. The molecule has 1 fully saturated rings. The Kier molecular flexibility index (Phi) is 2.58. The molecular formula is C15H17N3S. The third-order valence-corrected chi connectivity index (χ3v) is 5.13. The van der Waals surface area contributed by atoms with Crippen molar-refractivity contribution in [1.29, 1.82) is 0 Å². The summed E-state index contributed by atoms with van der Waals surface area (Å²) in [4.78, 5) is 13.3. The predicted octanol–water partition coefficient (Wildman–Crippen LogP) is 3.29. The van der Waals surface area contributed by atoms with Crippen LogP contribution in [-0.4, -0.2) is 22.6 Å². The topological polar surface area (TPSA) is 29.0 Å². The summed E-state index contributed by atoms with van der Waals surface area (Å²) in [5, 5.41) is 2.13. The molecule has 2 aliphatic rings. The third kappa shape index (κ3) is 1.77. The second-order valence-corrected chi connectivity index (χ2v) is 6.41. The molecule has 1 aliphatic heterocycles. The van der Waals surface area contributed by atoms with E-state index in [0.29, 0.717) is 6.04 Å². The van der Waals surface area contributed by atoms with Gasteiger partial charge in [-0.2, -0.15) is 0 Å². The highest BCUT2D eigenvalue weighted by Crippen LogP contribution is 2.35. The summed E-state index contributed by atoms with van der Waals surface area (Å²) in [5.74, 6) is 0.947. The minimum absolute atomic E-state index is 0.593. The fourth-order valence-electron chi connectivity index (χ4n) is 2.98. The first-order valence-corrected chi connectivity index (χ1v) is 7.91. The monoisotopic (exact) mass is 271 g/mol. The summed E-state index contributed by atoms with van der Waals surface area (Å²) in [6, 6.07) is 4.88. The molecule has 1 aliphatic carbocycles. The van der Waals surface area contributed by atoms with Crippen molar-refractivity contribution in [2.75, 3.05) is 11.4 Å². The van der Waals surface area contributed by atoms with Crippen LogP contribution in [0.2, 0.25) is 0 Å². The van der Waals surface area contributed by atoms with E-state index in [1.165, 1.54) is 34.7 Å². The number of hydrogen-bond donors (Lipinski definition) is 0. The van der Waals surface area contributed by atoms with Crippen LogP contribution in [0.25, 0.3) is 10.6 Å². The lowest BCUT2D eigenvalue weighted by atomic mass is 10.1. The van der Waals surface area contributed by atoms with Gasteiger partial charge in [-0.1, -0.05) is 6.07 Å². The second-order valence-electron chi connectivity index (χ2n) is 5.46. The van der Waals surface area contributed by atoms with Gasteiger partial charge in [0, 0.05) is 23.8 Å². The lowest BCUT2D eigenvalue weighted by Crippen LogP contribution is -2.46. The molecule has 0 spiro atoms. The first kappa shape index (κ1) is 11.4. The summed E-state index contributed by atoms with van der Waals surface area (Å²) in [7, 11) is 0. The largest absolute Gasteiger partial charge is 0.338 e. The Morgan fingerprint density at radius 3 is 2.95 bits per heavy atom. The number of aromatic nitrogens is 2. The van der Waals surface area contributed by atoms with E-state index in [-0.39, 0.29) is 0 Å². The quantitative estimate of drug-likeness (QED) is 0.839. The van der Waals surface area contributed by atoms with Gasteiger partial charge in [-0.25, -0.2) is 9.97 Å². The molecule has 2 aromatic rings. The van der Waals surface area contributed by atoms with Gasteiger partial charge in [-0.05, 0) is 44.1 Å². The van der Waals surface area contributed by atoms with Gasteiger partial charge < -0.3 is 4.90 Å². The van der Waals surface area contributed by atoms with Crippen LogP contribution in [0.4, 0.5) is 5.95 Å². The molecule has 0 radical (unpaired) electrons. The normalized spacial score (nSPS) is 21.3. The van der Waals surface area contributed by atoms with Gasteiger partial charge in [-0.15, -0.1) is 11.3 Å². The van der Waals surface area contributed by atoms with E-state index in [0.717, 1.165) is 25.3 Å². The number of fused-ring (bicyclic) bond motifs is 1. The average molecular weight is 271 g/mol. The van der Waals surface area contributed by atoms with Gasteiger partial charge in [-0.3, -0.25) is 0 Å². The van der Waals surface area contributed by atoms with Gasteiger partial charge in [0.15, 0.2) is 0 Å². The fourth-order valence-corrected chi connectivity index (χ4v) is 3.72. The zero-order valence-corrected chi connectivity index (χ0v) is 11.9. The number of thiophene rings is 1. The lowest BCUT2D eigenvalue weighted by Gasteiger charge is -2.39. The predicted molar refractivity (Wildman–Crippen MR) is 78.8 cm³/mol. The minimum Gasteiger partial charge on any atom is -0.338 e. The smallest absolute Gasteiger partial charge is 0.226 e. The molecule has 2 aromatic heterocycles. The maximum Gasteiger partial charge on any atom is 0.226 e. The van der Waals surface area contributed by atoms with E-state index in [9.17, 15) is 0 Å². The molecule has 0 amide bonds. The van der Waals surface area contributed by atoms with E-state index in [2.05, 4.69) is 29.3 Å². The highest BCUT2D eigenvalue weighted by atomic mass is 32.1. The van der Waals surface area contributed by atoms with Crippen molar-refractivity contribution in [3.63, 3.8) is 0 Å².